The van der Waals surface area contributed by atoms with E-state index < -0.39 is 0 Å². The summed E-state index contributed by atoms with van der Waals surface area (Å²) in [4.78, 5) is 0. The maximum atomic E-state index is 9.22. The van der Waals surface area contributed by atoms with Crippen LogP contribution in [0, 0.1) is 0 Å². The van der Waals surface area contributed by atoms with Gasteiger partial charge in [0.1, 0.15) is 5.75 Å². The first-order chi connectivity index (χ1) is 7.54. The quantitative estimate of drug-likeness (QED) is 0.835. The first-order valence-corrected chi connectivity index (χ1v) is 5.66. The molecule has 0 fully saturated rings. The number of aromatic hydroxyl groups is 1. The predicted molar refractivity (Wildman–Crippen MR) is 65.9 cm³/mol. The topological polar surface area (TPSA) is 41.5 Å². The van der Waals surface area contributed by atoms with Gasteiger partial charge in [-0.1, -0.05) is 17.7 Å². The minimum atomic E-state index is 0.149. The summed E-state index contributed by atoms with van der Waals surface area (Å²) in [6.07, 6.45) is 0.149. The molecule has 0 saturated heterocycles. The lowest BCUT2D eigenvalue weighted by atomic mass is 10.1. The van der Waals surface area contributed by atoms with Crippen LogP contribution in [0.25, 0.3) is 0 Å². The molecule has 0 aromatic heterocycles. The van der Waals surface area contributed by atoms with Crippen LogP contribution in [0.2, 0.25) is 5.02 Å². The predicted octanol–water partition coefficient (Wildman–Crippen LogP) is 2.56. The molecule has 16 heavy (non-hydrogen) atoms. The van der Waals surface area contributed by atoms with Crippen molar-refractivity contribution in [1.29, 1.82) is 0 Å². The van der Waals surface area contributed by atoms with E-state index in [0.717, 1.165) is 5.56 Å². The maximum Gasteiger partial charge on any atom is 0.117 e. The Labute approximate surface area is 101 Å². The fourth-order valence-electron chi connectivity index (χ4n) is 1.32. The number of nitrogens with one attached hydrogen (secondary N) is 1. The molecule has 1 unspecified atom stereocenters. The third kappa shape index (κ3) is 3.67. The van der Waals surface area contributed by atoms with E-state index in [-0.39, 0.29) is 17.9 Å². The molecule has 0 amide bonds. The van der Waals surface area contributed by atoms with Gasteiger partial charge in [0.05, 0.1) is 6.10 Å². The van der Waals surface area contributed by atoms with Gasteiger partial charge in [-0.25, -0.2) is 0 Å². The molecule has 2 atom stereocenters. The lowest BCUT2D eigenvalue weighted by Gasteiger charge is -2.20. The van der Waals surface area contributed by atoms with Crippen LogP contribution in [0.3, 0.4) is 0 Å². The number of benzene rings is 1. The second-order valence-electron chi connectivity index (χ2n) is 3.89. The van der Waals surface area contributed by atoms with Crippen molar-refractivity contribution in [2.75, 3.05) is 7.11 Å². The summed E-state index contributed by atoms with van der Waals surface area (Å²) in [7, 11) is 1.69. The van der Waals surface area contributed by atoms with Crippen LogP contribution in [0.1, 0.15) is 19.4 Å². The number of phenolic OH excluding ortho intramolecular Hbond substituents is 1. The molecule has 4 heteroatoms. The monoisotopic (exact) mass is 243 g/mol. The highest BCUT2D eigenvalue weighted by molar-refractivity contribution is 6.31. The molecule has 0 radical (unpaired) electrons. The van der Waals surface area contributed by atoms with Crippen LogP contribution in [0.4, 0.5) is 0 Å². The number of hydrogen-bond acceptors (Lipinski definition) is 3. The Morgan fingerprint density at radius 3 is 2.69 bits per heavy atom. The van der Waals surface area contributed by atoms with E-state index in [0.29, 0.717) is 11.6 Å². The summed E-state index contributed by atoms with van der Waals surface area (Å²) in [5, 5.41) is 13.1. The van der Waals surface area contributed by atoms with E-state index in [1.165, 1.54) is 0 Å². The number of methoxy groups -OCH3 is 1. The average Bonchev–Trinajstić information content (AvgIpc) is 2.26. The van der Waals surface area contributed by atoms with Gasteiger partial charge >= 0.3 is 0 Å². The van der Waals surface area contributed by atoms with Crippen LogP contribution >= 0.6 is 11.6 Å². The zero-order valence-electron chi connectivity index (χ0n) is 9.83. The van der Waals surface area contributed by atoms with Crippen molar-refractivity contribution in [1.82, 2.24) is 5.32 Å². The lowest BCUT2D eigenvalue weighted by molar-refractivity contribution is 0.0882. The second-order valence-corrected chi connectivity index (χ2v) is 4.29. The molecule has 1 aromatic carbocycles. The van der Waals surface area contributed by atoms with Crippen LogP contribution in [0.15, 0.2) is 18.2 Å². The Bertz CT molecular complexity index is 344. The van der Waals surface area contributed by atoms with Gasteiger partial charge in [0.15, 0.2) is 0 Å². The van der Waals surface area contributed by atoms with Gasteiger partial charge in [-0.15, -0.1) is 0 Å². The Hall–Kier alpha value is -0.770. The highest BCUT2D eigenvalue weighted by Gasteiger charge is 2.10. The third-order valence-corrected chi connectivity index (χ3v) is 3.08. The normalized spacial score (nSPS) is 14.8. The summed E-state index contributed by atoms with van der Waals surface area (Å²) in [5.41, 5.74) is 0.967. The van der Waals surface area contributed by atoms with Crippen molar-refractivity contribution in [2.24, 2.45) is 0 Å². The van der Waals surface area contributed by atoms with Gasteiger partial charge in [-0.2, -0.15) is 0 Å². The van der Waals surface area contributed by atoms with Crippen molar-refractivity contribution in [3.05, 3.63) is 28.8 Å². The molecule has 0 aliphatic rings. The summed E-state index contributed by atoms with van der Waals surface area (Å²) >= 11 is 6.00. The summed E-state index contributed by atoms with van der Waals surface area (Å²) < 4.78 is 5.21. The first kappa shape index (κ1) is 13.3. The Kier molecular flexibility index (Phi) is 5.06. The van der Waals surface area contributed by atoms with Crippen molar-refractivity contribution in [3.8, 4) is 5.75 Å². The van der Waals surface area contributed by atoms with E-state index in [1.807, 2.05) is 13.0 Å². The van der Waals surface area contributed by atoms with Crippen LogP contribution in [0.5, 0.6) is 5.75 Å². The smallest absolute Gasteiger partial charge is 0.117 e. The molecule has 1 aromatic rings. The van der Waals surface area contributed by atoms with Crippen LogP contribution in [-0.4, -0.2) is 24.4 Å². The van der Waals surface area contributed by atoms with Crippen molar-refractivity contribution < 1.29 is 9.84 Å². The minimum absolute atomic E-state index is 0.149. The van der Waals surface area contributed by atoms with E-state index >= 15 is 0 Å². The maximum absolute atomic E-state index is 9.22. The van der Waals surface area contributed by atoms with Crippen LogP contribution in [-0.2, 0) is 11.3 Å². The first-order valence-electron chi connectivity index (χ1n) is 5.28. The molecule has 0 heterocycles. The molecule has 3 nitrogen and oxygen atoms in total. The Morgan fingerprint density at radius 1 is 1.44 bits per heavy atom. The molecule has 0 spiro atoms. The van der Waals surface area contributed by atoms with E-state index in [4.69, 9.17) is 16.3 Å². The molecular formula is C12H18ClNO2. The molecule has 90 valence electrons. The molecule has 0 aliphatic carbocycles. The number of ether oxygens (including phenoxy) is 1. The fourth-order valence-corrected chi connectivity index (χ4v) is 1.56. The molecule has 1 rings (SSSR count). The van der Waals surface area contributed by atoms with E-state index in [1.54, 1.807) is 19.2 Å². The highest BCUT2D eigenvalue weighted by atomic mass is 35.5. The van der Waals surface area contributed by atoms with E-state index in [9.17, 15) is 5.11 Å². The minimum Gasteiger partial charge on any atom is -0.508 e. The van der Waals surface area contributed by atoms with Crippen molar-refractivity contribution in [3.63, 3.8) is 0 Å². The van der Waals surface area contributed by atoms with Gasteiger partial charge in [-0.3, -0.25) is 0 Å². The summed E-state index contributed by atoms with van der Waals surface area (Å²) in [6, 6.07) is 5.24. The van der Waals surface area contributed by atoms with Gasteiger partial charge in [0, 0.05) is 24.7 Å². The summed E-state index contributed by atoms with van der Waals surface area (Å²) in [5.74, 6) is 0.187. The van der Waals surface area contributed by atoms with Gasteiger partial charge in [0.25, 0.3) is 0 Å². The average molecular weight is 244 g/mol. The SMILES string of the molecule is COC(C)[C@H](C)NCc1ccc(O)cc1Cl. The van der Waals surface area contributed by atoms with Crippen LogP contribution < -0.4 is 5.32 Å². The standard InChI is InChI=1S/C12H18ClNO2/c1-8(9(2)16-3)14-7-10-4-5-11(15)6-12(10)13/h4-6,8-9,14-15H,7H2,1-3H3/t8-,9?/m0/s1. The second kappa shape index (κ2) is 6.09. The highest BCUT2D eigenvalue weighted by Crippen LogP contribution is 2.21. The molecule has 0 bridgehead atoms. The number of halogens is 1. The lowest BCUT2D eigenvalue weighted by Crippen LogP contribution is -2.36. The molecular weight excluding hydrogens is 226 g/mol. The largest absolute Gasteiger partial charge is 0.508 e. The number of phenols is 1. The number of rotatable bonds is 5. The van der Waals surface area contributed by atoms with Crippen molar-refractivity contribution in [2.45, 2.75) is 32.5 Å². The summed E-state index contributed by atoms with van der Waals surface area (Å²) in [6.45, 7) is 4.73. The molecule has 0 aliphatic heterocycles. The fraction of sp³-hybridized carbons (Fsp3) is 0.500. The molecule has 0 saturated carbocycles. The van der Waals surface area contributed by atoms with Gasteiger partial charge < -0.3 is 15.2 Å². The van der Waals surface area contributed by atoms with Gasteiger partial charge in [-0.05, 0) is 31.5 Å². The molecule has 2 N–H and O–H groups in total. The Balaban J connectivity index is 2.54. The zero-order chi connectivity index (χ0) is 12.1. The zero-order valence-corrected chi connectivity index (χ0v) is 10.6. The van der Waals surface area contributed by atoms with Crippen molar-refractivity contribution >= 4 is 11.6 Å². The third-order valence-electron chi connectivity index (χ3n) is 2.73. The van der Waals surface area contributed by atoms with E-state index in [2.05, 4.69) is 12.2 Å². The Morgan fingerprint density at radius 2 is 2.12 bits per heavy atom. The number of hydrogen-bond donors (Lipinski definition) is 2. The van der Waals surface area contributed by atoms with Gasteiger partial charge in [0.2, 0.25) is 0 Å².